The van der Waals surface area contributed by atoms with Crippen LogP contribution >= 0.6 is 34.5 Å². The van der Waals surface area contributed by atoms with E-state index in [0.29, 0.717) is 10.0 Å². The Labute approximate surface area is 66.8 Å². The first kappa shape index (κ1) is 7.35. The first-order chi connectivity index (χ1) is 4.25. The second-order valence-electron chi connectivity index (χ2n) is 1.48. The maximum absolute atomic E-state index is 8.60. The molecular formula is C5H4Cl2OS. The van der Waals surface area contributed by atoms with E-state index < -0.39 is 0 Å². The zero-order valence-electron chi connectivity index (χ0n) is 4.40. The maximum Gasteiger partial charge on any atom is 0.0790 e. The van der Waals surface area contributed by atoms with Gasteiger partial charge in [0.2, 0.25) is 0 Å². The van der Waals surface area contributed by atoms with Crippen LogP contribution in [-0.4, -0.2) is 5.11 Å². The van der Waals surface area contributed by atoms with E-state index in [2.05, 4.69) is 0 Å². The van der Waals surface area contributed by atoms with Crippen molar-refractivity contribution in [3.05, 3.63) is 20.3 Å². The van der Waals surface area contributed by atoms with Gasteiger partial charge < -0.3 is 5.11 Å². The van der Waals surface area contributed by atoms with Crippen LogP contribution in [0.25, 0.3) is 0 Å². The van der Waals surface area contributed by atoms with Gasteiger partial charge in [0.15, 0.2) is 0 Å². The number of aliphatic hydroxyl groups excluding tert-OH is 1. The minimum Gasteiger partial charge on any atom is -0.391 e. The van der Waals surface area contributed by atoms with Crippen molar-refractivity contribution in [2.24, 2.45) is 0 Å². The second kappa shape index (κ2) is 2.88. The molecule has 1 N–H and O–H groups in total. The van der Waals surface area contributed by atoms with Crippen molar-refractivity contribution >= 4 is 34.5 Å². The summed E-state index contributed by atoms with van der Waals surface area (Å²) in [5.74, 6) is 0. The summed E-state index contributed by atoms with van der Waals surface area (Å²) < 4.78 is 0. The molecule has 1 aromatic rings. The number of rotatable bonds is 1. The molecule has 0 atom stereocenters. The lowest BCUT2D eigenvalue weighted by Crippen LogP contribution is -1.74. The molecular weight excluding hydrogens is 179 g/mol. The highest BCUT2D eigenvalue weighted by Gasteiger charge is 2.04. The van der Waals surface area contributed by atoms with Crippen LogP contribution in [0.1, 0.15) is 4.88 Å². The maximum atomic E-state index is 8.60. The van der Waals surface area contributed by atoms with Crippen LogP contribution in [0.15, 0.2) is 5.38 Å². The van der Waals surface area contributed by atoms with Gasteiger partial charge in [-0.3, -0.25) is 0 Å². The zero-order chi connectivity index (χ0) is 6.85. The lowest BCUT2D eigenvalue weighted by molar-refractivity contribution is 0.285. The number of hydrogen-bond donors (Lipinski definition) is 1. The van der Waals surface area contributed by atoms with Crippen molar-refractivity contribution in [3.63, 3.8) is 0 Å². The number of aliphatic hydroxyl groups is 1. The Bertz CT molecular complexity index is 209. The SMILES string of the molecule is OCc1scc(Cl)c1Cl. The molecule has 0 unspecified atom stereocenters. The number of halogens is 2. The zero-order valence-corrected chi connectivity index (χ0v) is 6.72. The topological polar surface area (TPSA) is 20.2 Å². The summed E-state index contributed by atoms with van der Waals surface area (Å²) in [5.41, 5.74) is 0. The standard InChI is InChI=1S/C5H4Cl2OS/c6-3-2-9-4(1-8)5(3)7/h2,8H,1H2. The van der Waals surface area contributed by atoms with E-state index in [4.69, 9.17) is 28.3 Å². The molecule has 1 heterocycles. The molecule has 0 aliphatic rings. The summed E-state index contributed by atoms with van der Waals surface area (Å²) >= 11 is 12.6. The van der Waals surface area contributed by atoms with E-state index in [1.807, 2.05) is 0 Å². The second-order valence-corrected chi connectivity index (χ2v) is 3.23. The Morgan fingerprint density at radius 2 is 2.22 bits per heavy atom. The van der Waals surface area contributed by atoms with Gasteiger partial charge in [0, 0.05) is 5.38 Å². The van der Waals surface area contributed by atoms with E-state index >= 15 is 0 Å². The lowest BCUT2D eigenvalue weighted by atomic mass is 10.5. The average molecular weight is 183 g/mol. The first-order valence-electron chi connectivity index (χ1n) is 2.28. The lowest BCUT2D eigenvalue weighted by Gasteiger charge is -1.87. The molecule has 1 rings (SSSR count). The van der Waals surface area contributed by atoms with Gasteiger partial charge in [0.1, 0.15) is 0 Å². The summed E-state index contributed by atoms with van der Waals surface area (Å²) in [4.78, 5) is 0.724. The van der Waals surface area contributed by atoms with Gasteiger partial charge >= 0.3 is 0 Å². The van der Waals surface area contributed by atoms with Crippen molar-refractivity contribution in [1.29, 1.82) is 0 Å². The molecule has 50 valence electrons. The number of hydrogen-bond acceptors (Lipinski definition) is 2. The Morgan fingerprint density at radius 1 is 1.56 bits per heavy atom. The third kappa shape index (κ3) is 1.38. The van der Waals surface area contributed by atoms with Crippen LogP contribution in [0.3, 0.4) is 0 Å². The van der Waals surface area contributed by atoms with Crippen LogP contribution in [0.5, 0.6) is 0 Å². The fourth-order valence-electron chi connectivity index (χ4n) is 0.466. The predicted molar refractivity (Wildman–Crippen MR) is 40.3 cm³/mol. The molecule has 0 fully saturated rings. The van der Waals surface area contributed by atoms with Crippen LogP contribution in [0.4, 0.5) is 0 Å². The fraction of sp³-hybridized carbons (Fsp3) is 0.200. The Morgan fingerprint density at radius 3 is 2.44 bits per heavy atom. The van der Waals surface area contributed by atoms with Crippen LogP contribution in [-0.2, 0) is 6.61 Å². The third-order valence-corrected chi connectivity index (χ3v) is 2.94. The average Bonchev–Trinajstić information content (AvgIpc) is 2.15. The molecule has 0 bridgehead atoms. The van der Waals surface area contributed by atoms with Crippen LogP contribution in [0, 0.1) is 0 Å². The van der Waals surface area contributed by atoms with E-state index in [1.54, 1.807) is 5.38 Å². The molecule has 0 aromatic carbocycles. The van der Waals surface area contributed by atoms with Crippen molar-refractivity contribution in [1.82, 2.24) is 0 Å². The van der Waals surface area contributed by atoms with E-state index in [9.17, 15) is 0 Å². The Balaban J connectivity index is 3.04. The summed E-state index contributed by atoms with van der Waals surface area (Å²) in [6, 6.07) is 0. The van der Waals surface area contributed by atoms with Crippen molar-refractivity contribution in [2.45, 2.75) is 6.61 Å². The Kier molecular flexibility index (Phi) is 2.35. The smallest absolute Gasteiger partial charge is 0.0790 e. The molecule has 4 heteroatoms. The van der Waals surface area contributed by atoms with Crippen molar-refractivity contribution < 1.29 is 5.11 Å². The first-order valence-corrected chi connectivity index (χ1v) is 3.91. The summed E-state index contributed by atoms with van der Waals surface area (Å²) in [6.45, 7) is -0.0315. The summed E-state index contributed by atoms with van der Waals surface area (Å²) in [5, 5.41) is 11.3. The quantitative estimate of drug-likeness (QED) is 0.709. The third-order valence-electron chi connectivity index (χ3n) is 0.903. The fourth-order valence-corrected chi connectivity index (χ4v) is 1.73. The monoisotopic (exact) mass is 182 g/mol. The highest BCUT2D eigenvalue weighted by atomic mass is 35.5. The molecule has 0 radical (unpaired) electrons. The molecule has 0 amide bonds. The van der Waals surface area contributed by atoms with Gasteiger partial charge in [-0.2, -0.15) is 0 Å². The van der Waals surface area contributed by atoms with E-state index in [0.717, 1.165) is 4.88 Å². The normalized spacial score (nSPS) is 10.1. The molecule has 0 saturated heterocycles. The highest BCUT2D eigenvalue weighted by Crippen LogP contribution is 2.31. The Hall–Kier alpha value is 0.240. The molecule has 9 heavy (non-hydrogen) atoms. The van der Waals surface area contributed by atoms with Gasteiger partial charge in [-0.25, -0.2) is 0 Å². The predicted octanol–water partition coefficient (Wildman–Crippen LogP) is 2.55. The molecule has 1 nitrogen and oxygen atoms in total. The van der Waals surface area contributed by atoms with Gasteiger partial charge in [-0.15, -0.1) is 11.3 Å². The van der Waals surface area contributed by atoms with Gasteiger partial charge in [0.25, 0.3) is 0 Å². The molecule has 0 saturated carbocycles. The van der Waals surface area contributed by atoms with Crippen molar-refractivity contribution in [3.8, 4) is 0 Å². The molecule has 0 aliphatic carbocycles. The van der Waals surface area contributed by atoms with Gasteiger partial charge in [-0.05, 0) is 0 Å². The van der Waals surface area contributed by atoms with Gasteiger partial charge in [-0.1, -0.05) is 23.2 Å². The van der Waals surface area contributed by atoms with Crippen LogP contribution in [0.2, 0.25) is 10.0 Å². The highest BCUT2D eigenvalue weighted by molar-refractivity contribution is 7.11. The van der Waals surface area contributed by atoms with E-state index in [-0.39, 0.29) is 6.61 Å². The van der Waals surface area contributed by atoms with Crippen molar-refractivity contribution in [2.75, 3.05) is 0 Å². The minimum atomic E-state index is -0.0315. The summed E-state index contributed by atoms with van der Waals surface area (Å²) in [6.07, 6.45) is 0. The number of thiophene rings is 1. The van der Waals surface area contributed by atoms with Gasteiger partial charge in [0.05, 0.1) is 21.5 Å². The summed E-state index contributed by atoms with van der Waals surface area (Å²) in [7, 11) is 0. The molecule has 0 spiro atoms. The minimum absolute atomic E-state index is 0.0315. The molecule has 0 aliphatic heterocycles. The largest absolute Gasteiger partial charge is 0.391 e. The molecule has 1 aromatic heterocycles. The van der Waals surface area contributed by atoms with E-state index in [1.165, 1.54) is 11.3 Å². The van der Waals surface area contributed by atoms with Crippen LogP contribution < -0.4 is 0 Å².